The number of halogens is 1. The van der Waals surface area contributed by atoms with Gasteiger partial charge in [0.05, 0.1) is 23.8 Å². The van der Waals surface area contributed by atoms with Gasteiger partial charge in [-0.2, -0.15) is 5.10 Å². The molecule has 4 nitrogen and oxygen atoms in total. The summed E-state index contributed by atoms with van der Waals surface area (Å²) < 4.78 is 8.04. The number of hydrogen-bond acceptors (Lipinski definition) is 3. The van der Waals surface area contributed by atoms with Crippen molar-refractivity contribution in [3.8, 4) is 5.75 Å². The molecule has 0 saturated carbocycles. The van der Waals surface area contributed by atoms with Crippen molar-refractivity contribution in [2.75, 3.05) is 12.4 Å². The average Bonchev–Trinajstić information content (AvgIpc) is 2.74. The Morgan fingerprint density at radius 1 is 1.41 bits per heavy atom. The van der Waals surface area contributed by atoms with E-state index in [9.17, 15) is 0 Å². The highest BCUT2D eigenvalue weighted by atomic mass is 79.9. The van der Waals surface area contributed by atoms with Crippen LogP contribution in [0, 0.1) is 0 Å². The predicted octanol–water partition coefficient (Wildman–Crippen LogP) is 2.80. The van der Waals surface area contributed by atoms with Crippen molar-refractivity contribution in [1.29, 1.82) is 0 Å². The van der Waals surface area contributed by atoms with E-state index in [2.05, 4.69) is 26.3 Å². The molecule has 1 heterocycles. The first-order valence-corrected chi connectivity index (χ1v) is 6.04. The Morgan fingerprint density at radius 2 is 2.24 bits per heavy atom. The van der Waals surface area contributed by atoms with Gasteiger partial charge in [-0.3, -0.25) is 4.68 Å². The third-order valence-electron chi connectivity index (χ3n) is 2.55. The van der Waals surface area contributed by atoms with Gasteiger partial charge in [0.15, 0.2) is 0 Å². The molecule has 0 amide bonds. The highest BCUT2D eigenvalue weighted by Crippen LogP contribution is 2.27. The Bertz CT molecular complexity index is 510. The first kappa shape index (κ1) is 12.0. The maximum absolute atomic E-state index is 5.24. The van der Waals surface area contributed by atoms with Crippen molar-refractivity contribution in [3.05, 3.63) is 40.6 Å². The van der Waals surface area contributed by atoms with Crippen LogP contribution in [0.4, 0.5) is 5.69 Å². The number of nitrogens with zero attached hydrogens (tertiary/aromatic N) is 2. The second-order valence-electron chi connectivity index (χ2n) is 3.65. The summed E-state index contributed by atoms with van der Waals surface area (Å²) in [6.07, 6.45) is 1.79. The maximum Gasteiger partial charge on any atom is 0.135 e. The minimum atomic E-state index is 0.737. The zero-order valence-electron chi connectivity index (χ0n) is 9.77. The van der Waals surface area contributed by atoms with E-state index in [0.29, 0.717) is 0 Å². The quantitative estimate of drug-likeness (QED) is 0.943. The van der Waals surface area contributed by atoms with Crippen LogP contribution in [-0.4, -0.2) is 16.9 Å². The number of nitrogens with one attached hydrogen (secondary N) is 1. The van der Waals surface area contributed by atoms with E-state index in [0.717, 1.165) is 28.1 Å². The fraction of sp³-hybridized carbons (Fsp3) is 0.250. The smallest absolute Gasteiger partial charge is 0.135 e. The molecule has 5 heteroatoms. The summed E-state index contributed by atoms with van der Waals surface area (Å²) in [5.74, 6) is 0.819. The Hall–Kier alpha value is -1.49. The van der Waals surface area contributed by atoms with Crippen LogP contribution in [-0.2, 0) is 13.6 Å². The Kier molecular flexibility index (Phi) is 3.68. The second kappa shape index (κ2) is 5.23. The predicted molar refractivity (Wildman–Crippen MR) is 71.2 cm³/mol. The van der Waals surface area contributed by atoms with Crippen molar-refractivity contribution >= 4 is 21.6 Å². The molecule has 1 aromatic carbocycles. The lowest BCUT2D eigenvalue weighted by atomic mass is 10.3. The van der Waals surface area contributed by atoms with Crippen molar-refractivity contribution in [2.24, 2.45) is 7.05 Å². The van der Waals surface area contributed by atoms with Crippen LogP contribution in [0.2, 0.25) is 0 Å². The van der Waals surface area contributed by atoms with E-state index in [1.807, 2.05) is 36.0 Å². The second-order valence-corrected chi connectivity index (χ2v) is 4.50. The fourth-order valence-electron chi connectivity index (χ4n) is 1.54. The highest BCUT2D eigenvalue weighted by Gasteiger charge is 2.02. The van der Waals surface area contributed by atoms with Crippen LogP contribution < -0.4 is 10.1 Å². The summed E-state index contributed by atoms with van der Waals surface area (Å²) in [5, 5.41) is 7.45. The summed E-state index contributed by atoms with van der Waals surface area (Å²) in [6, 6.07) is 7.91. The lowest BCUT2D eigenvalue weighted by Crippen LogP contribution is -2.05. The molecule has 0 fully saturated rings. The van der Waals surface area contributed by atoms with Crippen LogP contribution in [0.1, 0.15) is 5.69 Å². The molecule has 0 saturated heterocycles. The first-order valence-electron chi connectivity index (χ1n) is 5.25. The molecule has 17 heavy (non-hydrogen) atoms. The molecule has 1 aromatic heterocycles. The summed E-state index contributed by atoms with van der Waals surface area (Å²) in [7, 11) is 3.59. The van der Waals surface area contributed by atoms with Gasteiger partial charge in [0.25, 0.3) is 0 Å². The monoisotopic (exact) mass is 295 g/mol. The molecule has 1 N–H and O–H groups in total. The van der Waals surface area contributed by atoms with Gasteiger partial charge in [0.2, 0.25) is 0 Å². The van der Waals surface area contributed by atoms with E-state index in [4.69, 9.17) is 4.74 Å². The summed E-state index contributed by atoms with van der Waals surface area (Å²) in [6.45, 7) is 0.737. The average molecular weight is 296 g/mol. The molecule has 2 aromatic rings. The Morgan fingerprint density at radius 3 is 2.88 bits per heavy atom. The number of methoxy groups -OCH3 is 1. The van der Waals surface area contributed by atoms with Gasteiger partial charge in [-0.15, -0.1) is 0 Å². The number of rotatable bonds is 4. The van der Waals surface area contributed by atoms with Crippen LogP contribution in [0.3, 0.4) is 0 Å². The van der Waals surface area contributed by atoms with Crippen LogP contribution in [0.25, 0.3) is 0 Å². The number of aryl methyl sites for hydroxylation is 1. The van der Waals surface area contributed by atoms with E-state index in [1.54, 1.807) is 13.3 Å². The Labute approximate surface area is 109 Å². The normalized spacial score (nSPS) is 10.3. The summed E-state index contributed by atoms with van der Waals surface area (Å²) in [4.78, 5) is 0. The molecule has 90 valence electrons. The standard InChI is InChI=1S/C12H14BrN3O/c1-16-10(5-6-15-16)8-14-9-3-4-11(13)12(7-9)17-2/h3-7,14H,8H2,1-2H3. The third-order valence-corrected chi connectivity index (χ3v) is 3.20. The van der Waals surface area contributed by atoms with Gasteiger partial charge in [0, 0.05) is 25.0 Å². The van der Waals surface area contributed by atoms with Crippen LogP contribution in [0.5, 0.6) is 5.75 Å². The Balaban J connectivity index is 2.07. The first-order chi connectivity index (χ1) is 8.20. The lowest BCUT2D eigenvalue weighted by Gasteiger charge is -2.09. The minimum Gasteiger partial charge on any atom is -0.495 e. The number of hydrogen-bond donors (Lipinski definition) is 1. The van der Waals surface area contributed by atoms with Crippen molar-refractivity contribution in [1.82, 2.24) is 9.78 Å². The minimum absolute atomic E-state index is 0.737. The number of benzene rings is 1. The molecule has 0 aliphatic heterocycles. The molecule has 0 aliphatic carbocycles. The molecule has 0 bridgehead atoms. The maximum atomic E-state index is 5.24. The van der Waals surface area contributed by atoms with Crippen molar-refractivity contribution < 1.29 is 4.74 Å². The van der Waals surface area contributed by atoms with E-state index in [1.165, 1.54) is 0 Å². The number of anilines is 1. The van der Waals surface area contributed by atoms with Gasteiger partial charge in [-0.25, -0.2) is 0 Å². The van der Waals surface area contributed by atoms with Gasteiger partial charge < -0.3 is 10.1 Å². The van der Waals surface area contributed by atoms with Crippen LogP contribution >= 0.6 is 15.9 Å². The largest absolute Gasteiger partial charge is 0.495 e. The van der Waals surface area contributed by atoms with Gasteiger partial charge in [-0.05, 0) is 34.1 Å². The van der Waals surface area contributed by atoms with Gasteiger partial charge in [-0.1, -0.05) is 0 Å². The van der Waals surface area contributed by atoms with Crippen molar-refractivity contribution in [2.45, 2.75) is 6.54 Å². The van der Waals surface area contributed by atoms with Crippen LogP contribution in [0.15, 0.2) is 34.9 Å². The molecule has 0 spiro atoms. The molecular formula is C12H14BrN3O. The van der Waals surface area contributed by atoms with E-state index in [-0.39, 0.29) is 0 Å². The van der Waals surface area contributed by atoms with Crippen molar-refractivity contribution in [3.63, 3.8) is 0 Å². The molecule has 0 unspecified atom stereocenters. The highest BCUT2D eigenvalue weighted by molar-refractivity contribution is 9.10. The molecular weight excluding hydrogens is 282 g/mol. The zero-order chi connectivity index (χ0) is 12.3. The molecule has 2 rings (SSSR count). The molecule has 0 aliphatic rings. The number of ether oxygens (including phenoxy) is 1. The fourth-order valence-corrected chi connectivity index (χ4v) is 1.95. The van der Waals surface area contributed by atoms with Gasteiger partial charge in [0.1, 0.15) is 5.75 Å². The summed E-state index contributed by atoms with van der Waals surface area (Å²) >= 11 is 3.43. The molecule has 0 atom stereocenters. The summed E-state index contributed by atoms with van der Waals surface area (Å²) in [5.41, 5.74) is 2.15. The SMILES string of the molecule is COc1cc(NCc2ccnn2C)ccc1Br. The number of aromatic nitrogens is 2. The zero-order valence-corrected chi connectivity index (χ0v) is 11.4. The third kappa shape index (κ3) is 2.79. The molecule has 0 radical (unpaired) electrons. The lowest BCUT2D eigenvalue weighted by molar-refractivity contribution is 0.412. The van der Waals surface area contributed by atoms with Gasteiger partial charge >= 0.3 is 0 Å². The van der Waals surface area contributed by atoms with E-state index >= 15 is 0 Å². The topological polar surface area (TPSA) is 39.1 Å². The van der Waals surface area contributed by atoms with E-state index < -0.39 is 0 Å².